The molecule has 0 radical (unpaired) electrons. The van der Waals surface area contributed by atoms with Gasteiger partial charge in [0.25, 0.3) is 0 Å². The minimum Gasteiger partial charge on any atom is -0.504 e. The van der Waals surface area contributed by atoms with Gasteiger partial charge >= 0.3 is 0 Å². The van der Waals surface area contributed by atoms with Crippen molar-refractivity contribution < 1.29 is 9.52 Å². The molecule has 0 unspecified atom stereocenters. The van der Waals surface area contributed by atoms with Crippen molar-refractivity contribution in [1.29, 1.82) is 0 Å². The fraction of sp³-hybridized carbons (Fsp3) is 0.368. The van der Waals surface area contributed by atoms with Crippen LogP contribution in [-0.2, 0) is 6.42 Å². The monoisotopic (exact) mass is 323 g/mol. The smallest absolute Gasteiger partial charge is 0.200 e. The van der Waals surface area contributed by atoms with E-state index in [0.29, 0.717) is 23.5 Å². The summed E-state index contributed by atoms with van der Waals surface area (Å²) >= 11 is 0. The Morgan fingerprint density at radius 1 is 1.38 bits per heavy atom. The van der Waals surface area contributed by atoms with Gasteiger partial charge in [0.15, 0.2) is 17.3 Å². The molecule has 4 rings (SSSR count). The van der Waals surface area contributed by atoms with E-state index in [4.69, 9.17) is 4.42 Å². The highest BCUT2D eigenvalue weighted by atomic mass is 16.4. The van der Waals surface area contributed by atoms with E-state index in [2.05, 4.69) is 15.3 Å². The highest BCUT2D eigenvalue weighted by Crippen LogP contribution is 2.39. The molecule has 0 aromatic carbocycles. The Morgan fingerprint density at radius 2 is 2.21 bits per heavy atom. The summed E-state index contributed by atoms with van der Waals surface area (Å²) in [5.41, 5.74) is 2.70. The Morgan fingerprint density at radius 3 is 3.00 bits per heavy atom. The SMILES string of the molecule is CCc1c(NC2CCCC2)oc(C=C2C=Nc3ncccc32)c1O. The Bertz CT molecular complexity index is 814. The predicted molar refractivity (Wildman–Crippen MR) is 95.9 cm³/mol. The normalized spacial score (nSPS) is 18.5. The summed E-state index contributed by atoms with van der Waals surface area (Å²) in [5, 5.41) is 14.0. The molecule has 1 aliphatic carbocycles. The molecule has 2 aromatic rings. The molecule has 3 heterocycles. The number of aromatic nitrogens is 1. The van der Waals surface area contributed by atoms with Gasteiger partial charge in [0.1, 0.15) is 0 Å². The van der Waals surface area contributed by atoms with Gasteiger partial charge in [-0.2, -0.15) is 0 Å². The third-order valence-corrected chi connectivity index (χ3v) is 4.76. The van der Waals surface area contributed by atoms with Crippen molar-refractivity contribution in [3.8, 4) is 5.75 Å². The summed E-state index contributed by atoms with van der Waals surface area (Å²) in [6.07, 6.45) is 10.9. The largest absolute Gasteiger partial charge is 0.504 e. The van der Waals surface area contributed by atoms with Gasteiger partial charge in [0.2, 0.25) is 5.88 Å². The van der Waals surface area contributed by atoms with Crippen LogP contribution in [0.4, 0.5) is 11.7 Å². The minimum atomic E-state index is 0.219. The summed E-state index contributed by atoms with van der Waals surface area (Å²) in [4.78, 5) is 8.53. The second-order valence-electron chi connectivity index (χ2n) is 6.33. The zero-order chi connectivity index (χ0) is 16.5. The molecule has 0 saturated heterocycles. The van der Waals surface area contributed by atoms with Crippen molar-refractivity contribution in [2.24, 2.45) is 4.99 Å². The fourth-order valence-electron chi connectivity index (χ4n) is 3.46. The molecular formula is C19H21N3O2. The zero-order valence-corrected chi connectivity index (χ0v) is 13.7. The van der Waals surface area contributed by atoms with Crippen LogP contribution in [0.2, 0.25) is 0 Å². The number of furan rings is 1. The lowest BCUT2D eigenvalue weighted by atomic mass is 10.1. The Hall–Kier alpha value is -2.56. The fourth-order valence-corrected chi connectivity index (χ4v) is 3.46. The first-order chi connectivity index (χ1) is 11.8. The first-order valence-corrected chi connectivity index (χ1v) is 8.58. The lowest BCUT2D eigenvalue weighted by molar-refractivity contribution is 0.452. The molecule has 2 aromatic heterocycles. The van der Waals surface area contributed by atoms with Crippen molar-refractivity contribution in [1.82, 2.24) is 4.98 Å². The van der Waals surface area contributed by atoms with E-state index in [1.165, 1.54) is 12.8 Å². The van der Waals surface area contributed by atoms with Crippen molar-refractivity contribution in [3.05, 3.63) is 35.2 Å². The van der Waals surface area contributed by atoms with Crippen molar-refractivity contribution in [2.75, 3.05) is 5.32 Å². The van der Waals surface area contributed by atoms with Crippen molar-refractivity contribution >= 4 is 29.6 Å². The Kier molecular flexibility index (Phi) is 3.84. The highest BCUT2D eigenvalue weighted by molar-refractivity contribution is 6.20. The lowest BCUT2D eigenvalue weighted by Gasteiger charge is -2.11. The van der Waals surface area contributed by atoms with E-state index in [1.54, 1.807) is 12.4 Å². The second-order valence-corrected chi connectivity index (χ2v) is 6.33. The second kappa shape index (κ2) is 6.15. The van der Waals surface area contributed by atoms with Crippen LogP contribution in [0.1, 0.15) is 49.5 Å². The van der Waals surface area contributed by atoms with Gasteiger partial charge in [0, 0.05) is 29.6 Å². The molecule has 0 bridgehead atoms. The van der Waals surface area contributed by atoms with E-state index in [1.807, 2.05) is 25.1 Å². The Balaban J connectivity index is 1.68. The number of pyridine rings is 1. The zero-order valence-electron chi connectivity index (χ0n) is 13.7. The minimum absolute atomic E-state index is 0.219. The molecule has 1 saturated carbocycles. The number of fused-ring (bicyclic) bond motifs is 1. The average Bonchev–Trinajstić information content (AvgIpc) is 3.30. The quantitative estimate of drug-likeness (QED) is 0.865. The van der Waals surface area contributed by atoms with Gasteiger partial charge in [-0.1, -0.05) is 19.8 Å². The van der Waals surface area contributed by atoms with E-state index >= 15 is 0 Å². The molecule has 124 valence electrons. The number of nitrogens with zero attached hydrogens (tertiary/aromatic N) is 2. The summed E-state index contributed by atoms with van der Waals surface area (Å²) in [6, 6.07) is 4.30. The molecule has 2 N–H and O–H groups in total. The number of hydrogen-bond donors (Lipinski definition) is 2. The third-order valence-electron chi connectivity index (χ3n) is 4.76. The van der Waals surface area contributed by atoms with Crippen molar-refractivity contribution in [3.63, 3.8) is 0 Å². The molecule has 5 nitrogen and oxygen atoms in total. The molecule has 24 heavy (non-hydrogen) atoms. The molecule has 0 atom stereocenters. The number of allylic oxidation sites excluding steroid dienone is 1. The molecule has 5 heteroatoms. The van der Waals surface area contributed by atoms with E-state index in [9.17, 15) is 5.11 Å². The first-order valence-electron chi connectivity index (χ1n) is 8.58. The maximum Gasteiger partial charge on any atom is 0.200 e. The van der Waals surface area contributed by atoms with Crippen LogP contribution < -0.4 is 5.32 Å². The number of anilines is 1. The van der Waals surface area contributed by atoms with Crippen LogP contribution in [0.15, 0.2) is 27.7 Å². The van der Waals surface area contributed by atoms with Gasteiger partial charge in [-0.05, 0) is 37.5 Å². The van der Waals surface area contributed by atoms with E-state index < -0.39 is 0 Å². The highest BCUT2D eigenvalue weighted by Gasteiger charge is 2.23. The molecule has 1 fully saturated rings. The summed E-state index contributed by atoms with van der Waals surface area (Å²) in [7, 11) is 0. The van der Waals surface area contributed by atoms with Gasteiger partial charge in [-0.3, -0.25) is 0 Å². The first kappa shape index (κ1) is 15.0. The molecule has 1 aliphatic heterocycles. The predicted octanol–water partition coefficient (Wildman–Crippen LogP) is 4.55. The molecule has 0 spiro atoms. The summed E-state index contributed by atoms with van der Waals surface area (Å²) < 4.78 is 5.96. The summed E-state index contributed by atoms with van der Waals surface area (Å²) in [6.45, 7) is 2.03. The van der Waals surface area contributed by atoms with Crippen LogP contribution >= 0.6 is 0 Å². The lowest BCUT2D eigenvalue weighted by Crippen LogP contribution is -2.14. The number of rotatable bonds is 4. The van der Waals surface area contributed by atoms with Crippen LogP contribution in [0.3, 0.4) is 0 Å². The topological polar surface area (TPSA) is 70.7 Å². The van der Waals surface area contributed by atoms with Gasteiger partial charge < -0.3 is 14.8 Å². The van der Waals surface area contributed by atoms with Crippen LogP contribution in [-0.4, -0.2) is 22.3 Å². The van der Waals surface area contributed by atoms with Crippen LogP contribution in [0.25, 0.3) is 11.6 Å². The van der Waals surface area contributed by atoms with E-state index in [0.717, 1.165) is 36.0 Å². The van der Waals surface area contributed by atoms with E-state index in [-0.39, 0.29) is 5.75 Å². The van der Waals surface area contributed by atoms with Crippen LogP contribution in [0, 0.1) is 0 Å². The number of nitrogens with one attached hydrogen (secondary N) is 1. The molecular weight excluding hydrogens is 302 g/mol. The van der Waals surface area contributed by atoms with Gasteiger partial charge in [0.05, 0.1) is 5.56 Å². The maximum absolute atomic E-state index is 10.6. The number of hydrogen-bond acceptors (Lipinski definition) is 5. The number of aliphatic imine (C=N–C) groups is 1. The average molecular weight is 323 g/mol. The Labute approximate surface area is 141 Å². The van der Waals surface area contributed by atoms with Gasteiger partial charge in [-0.15, -0.1) is 0 Å². The number of aromatic hydroxyl groups is 1. The standard InChI is InChI=1S/C19H21N3O2/c1-2-14-17(23)16(24-19(14)22-13-6-3-4-7-13)10-12-11-21-18-15(12)8-5-9-20-18/h5,8-11,13,22-23H,2-4,6-7H2,1H3. The van der Waals surface area contributed by atoms with Crippen molar-refractivity contribution in [2.45, 2.75) is 45.1 Å². The summed E-state index contributed by atoms with van der Waals surface area (Å²) in [5.74, 6) is 2.10. The molecule has 0 amide bonds. The van der Waals surface area contributed by atoms with Gasteiger partial charge in [-0.25, -0.2) is 9.98 Å². The third kappa shape index (κ3) is 2.60. The van der Waals surface area contributed by atoms with Crippen LogP contribution in [0.5, 0.6) is 5.75 Å². The molecule has 2 aliphatic rings. The maximum atomic E-state index is 10.6.